The second kappa shape index (κ2) is 9.06. The molecule has 4 rings (SSSR count). The first kappa shape index (κ1) is 21.3. The van der Waals surface area contributed by atoms with Crippen LogP contribution in [0.2, 0.25) is 0 Å². The summed E-state index contributed by atoms with van der Waals surface area (Å²) in [6.45, 7) is 6.38. The number of hydrogen-bond donors (Lipinski definition) is 1. The minimum atomic E-state index is -0.429. The fraction of sp³-hybridized carbons (Fsp3) is 0.333. The predicted octanol–water partition coefficient (Wildman–Crippen LogP) is 3.78. The number of hydrogen-bond acceptors (Lipinski definition) is 5. The molecular formula is C24H26N4O2S. The largest absolute Gasteiger partial charge is 0.355 e. The fourth-order valence-electron chi connectivity index (χ4n) is 3.61. The Balaban J connectivity index is 1.48. The van der Waals surface area contributed by atoms with Gasteiger partial charge in [-0.3, -0.25) is 14.6 Å². The number of thioether (sulfide) groups is 1. The van der Waals surface area contributed by atoms with Gasteiger partial charge in [0.15, 0.2) is 5.17 Å². The average molecular weight is 435 g/mol. The van der Waals surface area contributed by atoms with Crippen LogP contribution in [0.15, 0.2) is 64.6 Å². The smallest absolute Gasteiger partial charge is 0.259 e. The molecule has 6 nitrogen and oxygen atoms in total. The van der Waals surface area contributed by atoms with E-state index in [0.717, 1.165) is 17.7 Å². The number of para-hydroxylation sites is 1. The zero-order valence-electron chi connectivity index (χ0n) is 17.9. The minimum absolute atomic E-state index is 0.0759. The van der Waals surface area contributed by atoms with Crippen LogP contribution >= 0.6 is 11.8 Å². The van der Waals surface area contributed by atoms with Crippen molar-refractivity contribution in [3.63, 3.8) is 0 Å². The third-order valence-electron chi connectivity index (χ3n) is 5.34. The van der Waals surface area contributed by atoms with Crippen LogP contribution in [-0.4, -0.2) is 45.6 Å². The number of aliphatic imine (C=N–C) groups is 2. The van der Waals surface area contributed by atoms with Crippen molar-refractivity contribution >= 4 is 40.3 Å². The predicted molar refractivity (Wildman–Crippen MR) is 126 cm³/mol. The number of amidine groups is 2. The van der Waals surface area contributed by atoms with Crippen LogP contribution in [-0.2, 0) is 16.0 Å². The molecule has 2 atom stereocenters. The van der Waals surface area contributed by atoms with Crippen molar-refractivity contribution in [1.82, 2.24) is 10.2 Å². The maximum atomic E-state index is 13.1. The first-order chi connectivity index (χ1) is 15.0. The van der Waals surface area contributed by atoms with E-state index < -0.39 is 11.3 Å². The summed E-state index contributed by atoms with van der Waals surface area (Å²) in [5.41, 5.74) is 2.80. The van der Waals surface area contributed by atoms with E-state index >= 15 is 0 Å². The normalized spacial score (nSPS) is 18.3. The van der Waals surface area contributed by atoms with Gasteiger partial charge in [0.1, 0.15) is 11.9 Å². The summed E-state index contributed by atoms with van der Waals surface area (Å²) in [5, 5.41) is 3.10. The van der Waals surface area contributed by atoms with E-state index in [2.05, 4.69) is 5.32 Å². The van der Waals surface area contributed by atoms with Crippen molar-refractivity contribution in [2.75, 3.05) is 6.54 Å². The molecule has 7 heteroatoms. The standard InChI is InChI=1S/C24H26N4O2S/c1-15(2)20-23(30)28-21(27-20)18-11-7-8-12-19(18)26-24(28)31-16(3)22(29)25-14-13-17-9-5-4-6-10-17/h4-12,15-16,20H,13-14H2,1-3H3,(H,25,29)/t16-,20-/m0/s1. The van der Waals surface area contributed by atoms with E-state index in [1.807, 2.05) is 75.4 Å². The third kappa shape index (κ3) is 4.42. The molecule has 0 aliphatic carbocycles. The van der Waals surface area contributed by atoms with E-state index in [1.165, 1.54) is 17.3 Å². The summed E-state index contributed by atoms with van der Waals surface area (Å²) in [5.74, 6) is 0.562. The molecule has 1 N–H and O–H groups in total. The van der Waals surface area contributed by atoms with Crippen LogP contribution in [0, 0.1) is 5.92 Å². The topological polar surface area (TPSA) is 74.1 Å². The average Bonchev–Trinajstić information content (AvgIpc) is 3.12. The number of amides is 2. The molecule has 0 aromatic heterocycles. The molecular weight excluding hydrogens is 408 g/mol. The molecule has 31 heavy (non-hydrogen) atoms. The van der Waals surface area contributed by atoms with Gasteiger partial charge < -0.3 is 5.32 Å². The van der Waals surface area contributed by atoms with E-state index in [4.69, 9.17) is 9.98 Å². The third-order valence-corrected chi connectivity index (χ3v) is 6.39. The van der Waals surface area contributed by atoms with Crippen molar-refractivity contribution in [3.05, 3.63) is 65.7 Å². The van der Waals surface area contributed by atoms with Gasteiger partial charge in [-0.15, -0.1) is 0 Å². The molecule has 2 aliphatic heterocycles. The van der Waals surface area contributed by atoms with Crippen molar-refractivity contribution in [1.29, 1.82) is 0 Å². The van der Waals surface area contributed by atoms with Crippen molar-refractivity contribution < 1.29 is 9.59 Å². The highest BCUT2D eigenvalue weighted by Gasteiger charge is 2.43. The molecule has 160 valence electrons. The van der Waals surface area contributed by atoms with Gasteiger partial charge in [0.25, 0.3) is 5.91 Å². The second-order valence-corrected chi connectivity index (χ2v) is 9.32. The van der Waals surface area contributed by atoms with Crippen LogP contribution in [0.1, 0.15) is 31.9 Å². The summed E-state index contributed by atoms with van der Waals surface area (Å²) in [4.78, 5) is 36.8. The van der Waals surface area contributed by atoms with E-state index in [-0.39, 0.29) is 17.7 Å². The molecule has 2 aromatic rings. The Bertz CT molecular complexity index is 1050. The lowest BCUT2D eigenvalue weighted by atomic mass is 10.1. The summed E-state index contributed by atoms with van der Waals surface area (Å²) in [7, 11) is 0. The Hall–Kier alpha value is -2.93. The Morgan fingerprint density at radius 3 is 2.55 bits per heavy atom. The molecule has 2 heterocycles. The molecule has 2 aliphatic rings. The van der Waals surface area contributed by atoms with Crippen molar-refractivity contribution in [2.24, 2.45) is 15.9 Å². The number of benzene rings is 2. The maximum Gasteiger partial charge on any atom is 0.259 e. The quantitative estimate of drug-likeness (QED) is 0.752. The molecule has 0 bridgehead atoms. The first-order valence-corrected chi connectivity index (χ1v) is 11.4. The SMILES string of the molecule is CC(C)[C@@H]1N=C2c3ccccc3N=C(S[C@@H](C)C(=O)NCCc3ccccc3)N2C1=O. The highest BCUT2D eigenvalue weighted by Crippen LogP contribution is 2.35. The molecule has 0 saturated carbocycles. The van der Waals surface area contributed by atoms with Gasteiger partial charge in [0.2, 0.25) is 5.91 Å². The summed E-state index contributed by atoms with van der Waals surface area (Å²) in [6, 6.07) is 17.3. The fourth-order valence-corrected chi connectivity index (χ4v) is 4.55. The van der Waals surface area contributed by atoms with Gasteiger partial charge in [0.05, 0.1) is 10.9 Å². The number of rotatable bonds is 6. The Labute approximate surface area is 186 Å². The van der Waals surface area contributed by atoms with Crippen LogP contribution < -0.4 is 5.32 Å². The molecule has 0 unspecified atom stereocenters. The molecule has 0 radical (unpaired) electrons. The molecule has 2 amide bonds. The lowest BCUT2D eigenvalue weighted by Crippen LogP contribution is -2.43. The number of carbonyl (C=O) groups excluding carboxylic acids is 2. The summed E-state index contributed by atoms with van der Waals surface area (Å²) in [6.07, 6.45) is 0.774. The summed E-state index contributed by atoms with van der Waals surface area (Å²) < 4.78 is 0. The van der Waals surface area contributed by atoms with E-state index in [0.29, 0.717) is 17.5 Å². The molecule has 2 aromatic carbocycles. The number of nitrogens with one attached hydrogen (secondary N) is 1. The molecule has 0 spiro atoms. The first-order valence-electron chi connectivity index (χ1n) is 10.5. The Morgan fingerprint density at radius 2 is 1.81 bits per heavy atom. The van der Waals surface area contributed by atoms with Gasteiger partial charge in [0, 0.05) is 12.1 Å². The van der Waals surface area contributed by atoms with E-state index in [9.17, 15) is 9.59 Å². The number of fused-ring (bicyclic) bond motifs is 3. The lowest BCUT2D eigenvalue weighted by molar-refractivity contribution is -0.125. The second-order valence-electron chi connectivity index (χ2n) is 8.01. The van der Waals surface area contributed by atoms with Crippen molar-refractivity contribution in [3.8, 4) is 0 Å². The highest BCUT2D eigenvalue weighted by molar-refractivity contribution is 8.15. The molecule has 0 saturated heterocycles. The Kier molecular flexibility index (Phi) is 6.23. The van der Waals surface area contributed by atoms with Gasteiger partial charge >= 0.3 is 0 Å². The minimum Gasteiger partial charge on any atom is -0.355 e. The van der Waals surface area contributed by atoms with Crippen LogP contribution in [0.5, 0.6) is 0 Å². The van der Waals surface area contributed by atoms with Crippen molar-refractivity contribution in [2.45, 2.75) is 38.5 Å². The van der Waals surface area contributed by atoms with Gasteiger partial charge in [-0.05, 0) is 37.0 Å². The monoisotopic (exact) mass is 434 g/mol. The lowest BCUT2D eigenvalue weighted by Gasteiger charge is -2.27. The zero-order valence-corrected chi connectivity index (χ0v) is 18.7. The Morgan fingerprint density at radius 1 is 1.10 bits per heavy atom. The maximum absolute atomic E-state index is 13.1. The van der Waals surface area contributed by atoms with Crippen LogP contribution in [0.25, 0.3) is 0 Å². The number of nitrogens with zero attached hydrogens (tertiary/aromatic N) is 3. The summed E-state index contributed by atoms with van der Waals surface area (Å²) >= 11 is 1.29. The van der Waals surface area contributed by atoms with E-state index in [1.54, 1.807) is 4.90 Å². The van der Waals surface area contributed by atoms with Gasteiger partial charge in [-0.25, -0.2) is 9.89 Å². The number of carbonyl (C=O) groups is 2. The van der Waals surface area contributed by atoms with Crippen LogP contribution in [0.4, 0.5) is 5.69 Å². The van der Waals surface area contributed by atoms with Crippen LogP contribution in [0.3, 0.4) is 0 Å². The zero-order chi connectivity index (χ0) is 22.0. The molecule has 0 fully saturated rings. The van der Waals surface area contributed by atoms with Gasteiger partial charge in [-0.2, -0.15) is 0 Å². The highest BCUT2D eigenvalue weighted by atomic mass is 32.2. The van der Waals surface area contributed by atoms with Gasteiger partial charge in [-0.1, -0.05) is 68.1 Å².